The number of benzene rings is 5. The molecule has 5 aromatic carbocycles. The van der Waals surface area contributed by atoms with E-state index in [0.29, 0.717) is 21.4 Å². The number of fused-ring (bicyclic) bond motifs is 18. The highest BCUT2D eigenvalue weighted by atomic mass is 35.5. The van der Waals surface area contributed by atoms with Crippen LogP contribution in [0.25, 0.3) is 158 Å². The summed E-state index contributed by atoms with van der Waals surface area (Å²) in [5.74, 6) is 0. The maximum Gasteiger partial charge on any atom is 0.0897 e. The lowest BCUT2D eigenvalue weighted by Crippen LogP contribution is -2.16. The van der Waals surface area contributed by atoms with E-state index in [9.17, 15) is 0 Å². The zero-order valence-electron chi connectivity index (χ0n) is 66.6. The number of aromatic amines is 4. The zero-order chi connectivity index (χ0) is 76.0. The summed E-state index contributed by atoms with van der Waals surface area (Å²) in [6.07, 6.45) is 12.8. The smallest absolute Gasteiger partial charge is 0.0897 e. The van der Waals surface area contributed by atoms with Gasteiger partial charge in [0.2, 0.25) is 0 Å². The van der Waals surface area contributed by atoms with Gasteiger partial charge < -0.3 is 19.9 Å². The first kappa shape index (κ1) is 72.2. The van der Waals surface area contributed by atoms with Crippen molar-refractivity contribution < 1.29 is 0 Å². The molecule has 0 saturated heterocycles. The number of rotatable bonds is 4. The fraction of sp³-hybridized carbons (Fsp3) is 0.333. The van der Waals surface area contributed by atoms with Crippen LogP contribution < -0.4 is 0 Å². The van der Waals surface area contributed by atoms with Crippen LogP contribution in [0.15, 0.2) is 121 Å². The van der Waals surface area contributed by atoms with Crippen molar-refractivity contribution in [2.24, 2.45) is 0 Å². The summed E-state index contributed by atoms with van der Waals surface area (Å²) >= 11 is 15.5. The van der Waals surface area contributed by atoms with Crippen LogP contribution in [0, 0.1) is 0 Å². The number of hydrogen-bond acceptors (Lipinski definition) is 4. The summed E-state index contributed by atoms with van der Waals surface area (Å²) in [7, 11) is 0. The van der Waals surface area contributed by atoms with Gasteiger partial charge in [0.25, 0.3) is 0 Å². The molecule has 0 amide bonds. The molecule has 106 heavy (non-hydrogen) atoms. The fourth-order valence-electron chi connectivity index (χ4n) is 15.2. The minimum Gasteiger partial charge on any atom is -0.354 e. The summed E-state index contributed by atoms with van der Waals surface area (Å²) in [4.78, 5) is 39.6. The highest BCUT2D eigenvalue weighted by Crippen LogP contribution is 2.48. The fourth-order valence-corrected chi connectivity index (χ4v) is 15.6. The lowest BCUT2D eigenvalue weighted by Gasteiger charge is -2.26. The molecule has 10 heteroatoms. The Balaban J connectivity index is 1.22. The number of H-pyrrole nitrogens is 4. The minimum absolute atomic E-state index is 0.166. The number of nitrogens with one attached hydrogen (secondary N) is 4. The number of nitrogens with zero attached hydrogens (tertiary/aromatic N) is 4. The number of hydrogen-bond donors (Lipinski definition) is 4. The van der Waals surface area contributed by atoms with Gasteiger partial charge in [0.15, 0.2) is 0 Å². The Hall–Kier alpha value is -9.34. The average molecular weight is 1440 g/mol. The van der Waals surface area contributed by atoms with Gasteiger partial charge in [-0.1, -0.05) is 262 Å². The van der Waals surface area contributed by atoms with Crippen LogP contribution in [0.3, 0.4) is 0 Å². The highest BCUT2D eigenvalue weighted by Gasteiger charge is 2.31. The molecule has 0 atom stereocenters. The van der Waals surface area contributed by atoms with Gasteiger partial charge in [-0.15, -0.1) is 0 Å². The molecule has 7 aromatic heterocycles. The predicted molar refractivity (Wildman–Crippen MR) is 459 cm³/mol. The molecule has 0 saturated carbocycles. The molecule has 0 fully saturated rings. The molecule has 0 aliphatic carbocycles. The van der Waals surface area contributed by atoms with E-state index >= 15 is 0 Å². The maximum atomic E-state index is 7.76. The predicted octanol–water partition coefficient (Wildman–Crippen LogP) is 27.8. The van der Waals surface area contributed by atoms with Gasteiger partial charge in [-0.05, 0) is 195 Å². The summed E-state index contributed by atoms with van der Waals surface area (Å²) in [6, 6.07) is 46.2. The second kappa shape index (κ2) is 24.6. The molecule has 16 bridgehead atoms. The van der Waals surface area contributed by atoms with Crippen LogP contribution >= 0.6 is 23.2 Å². The standard InChI is InChI=1S/C96H102Cl2N8/c1-89(2,3)55-37-51(38-56(45-55)90(4,5)6)79-65-25-27-71(99-65)83-63-49-77-82(54-43-61(95(19,20)21)48-62(44-54)96(22,23)24)70-32-36-76(104-70)86(98)74-34-30-68(102-74)80(52-39-57(91(7,8)9)46-58(40-52)92(10,11)12)66-26-28-72(100-66)84(88(63)106-77)64-50-78(105-87(64)83)81(53-41-59(93(13,14)15)47-60(42-53)94(16,17)18)69-31-35-75(103-69)85(97)73-33-29-67(79)101-73/h25-50,99,102-103,106H,1-24H3. The van der Waals surface area contributed by atoms with E-state index in [4.69, 9.17) is 43.1 Å². The molecule has 10 heterocycles. The zero-order valence-corrected chi connectivity index (χ0v) is 68.1. The highest BCUT2D eigenvalue weighted by molar-refractivity contribution is 6.36. The van der Waals surface area contributed by atoms with E-state index in [-0.39, 0.29) is 43.3 Å². The van der Waals surface area contributed by atoms with E-state index in [1.807, 2.05) is 0 Å². The second-order valence-corrected chi connectivity index (χ2v) is 39.2. The van der Waals surface area contributed by atoms with Crippen LogP contribution in [-0.4, -0.2) is 39.9 Å². The third-order valence-electron chi connectivity index (χ3n) is 22.0. The number of halogens is 2. The Morgan fingerprint density at radius 2 is 0.528 bits per heavy atom. The van der Waals surface area contributed by atoms with Crippen molar-refractivity contribution in [3.8, 4) is 44.5 Å². The normalized spacial score (nSPS) is 13.8. The molecule has 3 aliphatic heterocycles. The molecular weight excluding hydrogens is 1340 g/mol. The van der Waals surface area contributed by atoms with Gasteiger partial charge in [0.05, 0.1) is 71.8 Å². The Morgan fingerprint density at radius 1 is 0.245 bits per heavy atom. The van der Waals surface area contributed by atoms with Crippen molar-refractivity contribution in [2.75, 3.05) is 0 Å². The minimum atomic E-state index is -0.194. The van der Waals surface area contributed by atoms with Crippen LogP contribution in [0.1, 0.15) is 245 Å². The topological polar surface area (TPSA) is 115 Å². The van der Waals surface area contributed by atoms with Gasteiger partial charge in [0.1, 0.15) is 0 Å². The van der Waals surface area contributed by atoms with Crippen molar-refractivity contribution in [1.82, 2.24) is 39.9 Å². The Bertz CT molecular complexity index is 5980. The van der Waals surface area contributed by atoms with E-state index in [0.717, 1.165) is 144 Å². The SMILES string of the molecule is CC(C)(C)c1cc(-c2c3nc(c4c5cc6nc5c(c5ccc([nH]5)c(-c5cc(C(C)(C)C)cc(C(C)(C)C)c5)c5nc(c(Cl)c7ccc([nH]7)c6-c6cc(C(C)(C)C)cc(C(C)(C)C)c6)C=C5)c5cc([nH]c54)c(-c4cc(C(C)(C)C)cc(C(C)(C)C)c4)c4nc(c(Cl)c5ccc2[nH]5)C=C4)C=C3)cc(C(C)(C)C)c1. The van der Waals surface area contributed by atoms with Crippen molar-refractivity contribution in [3.63, 3.8) is 0 Å². The summed E-state index contributed by atoms with van der Waals surface area (Å²) in [6.45, 7) is 55.2. The first-order valence-electron chi connectivity index (χ1n) is 37.7. The molecule has 0 radical (unpaired) electrons. The van der Waals surface area contributed by atoms with E-state index in [2.05, 4.69) is 344 Å². The largest absolute Gasteiger partial charge is 0.354 e. The van der Waals surface area contributed by atoms with Crippen molar-refractivity contribution >= 4 is 136 Å². The lowest BCUT2D eigenvalue weighted by molar-refractivity contribution is 0.568. The number of aromatic nitrogens is 8. The first-order chi connectivity index (χ1) is 49.3. The Kier molecular flexibility index (Phi) is 16.8. The van der Waals surface area contributed by atoms with Gasteiger partial charge in [-0.3, -0.25) is 0 Å². The molecule has 540 valence electrons. The Morgan fingerprint density at radius 3 is 0.887 bits per heavy atom. The third-order valence-corrected chi connectivity index (χ3v) is 22.7. The molecule has 3 aliphatic rings. The van der Waals surface area contributed by atoms with Crippen molar-refractivity contribution in [2.45, 2.75) is 209 Å². The van der Waals surface area contributed by atoms with Crippen LogP contribution in [0.2, 0.25) is 10.0 Å². The van der Waals surface area contributed by atoms with Gasteiger partial charge in [-0.25, -0.2) is 19.9 Å². The van der Waals surface area contributed by atoms with Crippen LogP contribution in [0.5, 0.6) is 0 Å². The molecule has 0 unspecified atom stereocenters. The van der Waals surface area contributed by atoms with Crippen LogP contribution in [-0.2, 0) is 43.3 Å². The van der Waals surface area contributed by atoms with E-state index in [1.165, 1.54) is 44.5 Å². The van der Waals surface area contributed by atoms with Crippen LogP contribution in [0.4, 0.5) is 0 Å². The molecule has 15 rings (SSSR count). The van der Waals surface area contributed by atoms with E-state index in [1.54, 1.807) is 0 Å². The summed E-state index contributed by atoms with van der Waals surface area (Å²) in [5, 5.41) is 4.79. The summed E-state index contributed by atoms with van der Waals surface area (Å²) in [5.41, 5.74) is 29.4. The van der Waals surface area contributed by atoms with Gasteiger partial charge in [0, 0.05) is 71.4 Å². The maximum absolute atomic E-state index is 7.76. The Labute approximate surface area is 636 Å². The second-order valence-electron chi connectivity index (χ2n) is 38.5. The monoisotopic (exact) mass is 1440 g/mol. The van der Waals surface area contributed by atoms with E-state index < -0.39 is 0 Å². The van der Waals surface area contributed by atoms with Crippen molar-refractivity contribution in [1.29, 1.82) is 0 Å². The quantitative estimate of drug-likeness (QED) is 0.141. The average Bonchev–Trinajstić information content (AvgIpc) is 1.56. The van der Waals surface area contributed by atoms with Gasteiger partial charge >= 0.3 is 0 Å². The molecule has 8 nitrogen and oxygen atoms in total. The third kappa shape index (κ3) is 13.0. The molecule has 12 aromatic rings. The molecule has 0 spiro atoms. The van der Waals surface area contributed by atoms with Gasteiger partial charge in [-0.2, -0.15) is 0 Å². The van der Waals surface area contributed by atoms with Crippen molar-refractivity contribution in [3.05, 3.63) is 210 Å². The summed E-state index contributed by atoms with van der Waals surface area (Å²) < 4.78 is 0. The lowest BCUT2D eigenvalue weighted by atomic mass is 9.78. The molecular formula is C96H102Cl2N8. The molecule has 4 N–H and O–H groups in total. The first-order valence-corrected chi connectivity index (χ1v) is 38.5.